The maximum atomic E-state index is 5.97. The lowest BCUT2D eigenvalue weighted by atomic mass is 10.2. The Kier molecular flexibility index (Phi) is 1.81. The van der Waals surface area contributed by atoms with E-state index in [0.29, 0.717) is 5.15 Å². The molecule has 2 aromatic rings. The summed E-state index contributed by atoms with van der Waals surface area (Å²) in [4.78, 5) is 4.11. The zero-order valence-corrected chi connectivity index (χ0v) is 8.46. The number of nitrogens with zero attached hydrogens (tertiary/aromatic N) is 1. The zero-order chi connectivity index (χ0) is 8.72. The smallest absolute Gasteiger partial charge is 0.137 e. The molecule has 1 nitrogen and oxygen atoms in total. The molecule has 0 aliphatic carbocycles. The minimum absolute atomic E-state index is 0.620. The van der Waals surface area contributed by atoms with E-state index in [1.165, 1.54) is 15.8 Å². The molecule has 0 saturated heterocycles. The molecule has 0 saturated carbocycles. The van der Waals surface area contributed by atoms with Crippen LogP contribution in [0.4, 0.5) is 0 Å². The Morgan fingerprint density at radius 1 is 1.33 bits per heavy atom. The number of aromatic nitrogens is 1. The van der Waals surface area contributed by atoms with Gasteiger partial charge in [-0.1, -0.05) is 11.6 Å². The third-order valence-corrected chi connectivity index (χ3v) is 3.43. The lowest BCUT2D eigenvalue weighted by Crippen LogP contribution is -1.80. The van der Waals surface area contributed by atoms with Crippen LogP contribution in [0.25, 0.3) is 10.1 Å². The van der Waals surface area contributed by atoms with E-state index in [1.54, 1.807) is 11.3 Å². The Hall–Kier alpha value is -0.600. The number of pyridine rings is 1. The minimum Gasteiger partial charge on any atom is -0.244 e. The molecular formula is C9H8ClNS. The van der Waals surface area contributed by atoms with Crippen LogP contribution in [0.1, 0.15) is 11.1 Å². The molecule has 62 valence electrons. The van der Waals surface area contributed by atoms with Gasteiger partial charge >= 0.3 is 0 Å². The van der Waals surface area contributed by atoms with Gasteiger partial charge in [-0.25, -0.2) is 4.98 Å². The van der Waals surface area contributed by atoms with Crippen molar-refractivity contribution in [2.45, 2.75) is 13.8 Å². The predicted molar refractivity (Wildman–Crippen MR) is 54.1 cm³/mol. The fraction of sp³-hybridized carbons (Fsp3) is 0.222. The van der Waals surface area contributed by atoms with Crippen molar-refractivity contribution in [2.75, 3.05) is 0 Å². The third-order valence-electron chi connectivity index (χ3n) is 1.91. The van der Waals surface area contributed by atoms with Crippen molar-refractivity contribution in [3.8, 4) is 0 Å². The quantitative estimate of drug-likeness (QED) is 0.589. The highest BCUT2D eigenvalue weighted by Crippen LogP contribution is 2.32. The Balaban J connectivity index is 2.98. The fourth-order valence-electron chi connectivity index (χ4n) is 1.27. The topological polar surface area (TPSA) is 12.9 Å². The van der Waals surface area contributed by atoms with E-state index in [1.807, 2.05) is 6.20 Å². The van der Waals surface area contributed by atoms with Crippen molar-refractivity contribution in [1.82, 2.24) is 4.98 Å². The molecule has 0 aliphatic heterocycles. The van der Waals surface area contributed by atoms with Gasteiger partial charge in [0, 0.05) is 16.3 Å². The summed E-state index contributed by atoms with van der Waals surface area (Å²) >= 11 is 7.70. The number of thiophene rings is 1. The molecule has 12 heavy (non-hydrogen) atoms. The minimum atomic E-state index is 0.620. The number of halogens is 1. The van der Waals surface area contributed by atoms with Crippen molar-refractivity contribution in [2.24, 2.45) is 0 Å². The first kappa shape index (κ1) is 8.02. The van der Waals surface area contributed by atoms with Crippen LogP contribution in [-0.4, -0.2) is 4.98 Å². The number of fused-ring (bicyclic) bond motifs is 1. The lowest BCUT2D eigenvalue weighted by molar-refractivity contribution is 1.31. The molecule has 3 heteroatoms. The second kappa shape index (κ2) is 2.71. The van der Waals surface area contributed by atoms with Gasteiger partial charge in [-0.2, -0.15) is 0 Å². The number of hydrogen-bond donors (Lipinski definition) is 0. The molecule has 0 atom stereocenters. The standard InChI is InChI=1S/C9H8ClNS/c1-5-3-11-9(10)7-6(2)4-12-8(5)7/h3-4H,1-2H3. The van der Waals surface area contributed by atoms with Gasteiger partial charge in [0.25, 0.3) is 0 Å². The van der Waals surface area contributed by atoms with Crippen molar-refractivity contribution >= 4 is 33.0 Å². The molecule has 0 unspecified atom stereocenters. The highest BCUT2D eigenvalue weighted by Gasteiger charge is 2.07. The number of hydrogen-bond acceptors (Lipinski definition) is 2. The summed E-state index contributed by atoms with van der Waals surface area (Å²) in [5.74, 6) is 0. The zero-order valence-electron chi connectivity index (χ0n) is 6.89. The Morgan fingerprint density at radius 3 is 2.75 bits per heavy atom. The highest BCUT2D eigenvalue weighted by molar-refractivity contribution is 7.17. The average molecular weight is 198 g/mol. The number of aryl methyl sites for hydroxylation is 2. The summed E-state index contributed by atoms with van der Waals surface area (Å²) in [5, 5.41) is 3.85. The molecule has 0 fully saturated rings. The van der Waals surface area contributed by atoms with Gasteiger partial charge in [0.05, 0.1) is 0 Å². The molecule has 0 aliphatic rings. The summed E-state index contributed by atoms with van der Waals surface area (Å²) in [6, 6.07) is 0. The summed E-state index contributed by atoms with van der Waals surface area (Å²) in [7, 11) is 0. The maximum Gasteiger partial charge on any atom is 0.137 e. The van der Waals surface area contributed by atoms with Crippen LogP contribution in [0.15, 0.2) is 11.6 Å². The first-order chi connectivity index (χ1) is 5.70. The van der Waals surface area contributed by atoms with Crippen LogP contribution in [0.5, 0.6) is 0 Å². The van der Waals surface area contributed by atoms with Crippen LogP contribution in [0.2, 0.25) is 5.15 Å². The SMILES string of the molecule is Cc1cnc(Cl)c2c(C)csc12. The van der Waals surface area contributed by atoms with Crippen LogP contribution in [0, 0.1) is 13.8 Å². The predicted octanol–water partition coefficient (Wildman–Crippen LogP) is 3.57. The van der Waals surface area contributed by atoms with Crippen LogP contribution in [0.3, 0.4) is 0 Å². The largest absolute Gasteiger partial charge is 0.244 e. The lowest BCUT2D eigenvalue weighted by Gasteiger charge is -1.97. The molecule has 2 aromatic heterocycles. The van der Waals surface area contributed by atoms with Crippen LogP contribution >= 0.6 is 22.9 Å². The first-order valence-electron chi connectivity index (χ1n) is 3.69. The van der Waals surface area contributed by atoms with Gasteiger partial charge in [-0.05, 0) is 30.4 Å². The molecule has 0 aromatic carbocycles. The van der Waals surface area contributed by atoms with Gasteiger partial charge in [0.1, 0.15) is 5.15 Å². The van der Waals surface area contributed by atoms with E-state index in [9.17, 15) is 0 Å². The van der Waals surface area contributed by atoms with E-state index in [0.717, 1.165) is 5.39 Å². The average Bonchev–Trinajstić information content (AvgIpc) is 2.42. The van der Waals surface area contributed by atoms with E-state index in [-0.39, 0.29) is 0 Å². The van der Waals surface area contributed by atoms with Crippen molar-refractivity contribution in [3.05, 3.63) is 27.9 Å². The third kappa shape index (κ3) is 1.03. The maximum absolute atomic E-state index is 5.97. The van der Waals surface area contributed by atoms with E-state index in [2.05, 4.69) is 24.2 Å². The van der Waals surface area contributed by atoms with Gasteiger partial charge in [-0.15, -0.1) is 11.3 Å². The molecule has 0 amide bonds. The normalized spacial score (nSPS) is 10.9. The molecule has 0 spiro atoms. The second-order valence-corrected chi connectivity index (χ2v) is 4.09. The molecule has 0 bridgehead atoms. The first-order valence-corrected chi connectivity index (χ1v) is 4.95. The summed E-state index contributed by atoms with van der Waals surface area (Å²) in [6.07, 6.45) is 1.82. The summed E-state index contributed by atoms with van der Waals surface area (Å²) in [6.45, 7) is 4.12. The van der Waals surface area contributed by atoms with E-state index in [4.69, 9.17) is 11.6 Å². The monoisotopic (exact) mass is 197 g/mol. The van der Waals surface area contributed by atoms with Gasteiger partial charge in [0.15, 0.2) is 0 Å². The van der Waals surface area contributed by atoms with Crippen LogP contribution < -0.4 is 0 Å². The van der Waals surface area contributed by atoms with Crippen molar-refractivity contribution in [1.29, 1.82) is 0 Å². The fourth-order valence-corrected chi connectivity index (χ4v) is 2.64. The summed E-state index contributed by atoms with van der Waals surface area (Å²) in [5.41, 5.74) is 2.42. The van der Waals surface area contributed by atoms with E-state index < -0.39 is 0 Å². The Morgan fingerprint density at radius 2 is 2.08 bits per heavy atom. The van der Waals surface area contributed by atoms with Gasteiger partial charge < -0.3 is 0 Å². The second-order valence-electron chi connectivity index (χ2n) is 2.85. The Bertz CT molecular complexity index is 433. The molecule has 2 rings (SSSR count). The van der Waals surface area contributed by atoms with E-state index >= 15 is 0 Å². The van der Waals surface area contributed by atoms with Crippen LogP contribution in [-0.2, 0) is 0 Å². The van der Waals surface area contributed by atoms with Crippen molar-refractivity contribution in [3.63, 3.8) is 0 Å². The van der Waals surface area contributed by atoms with Crippen molar-refractivity contribution < 1.29 is 0 Å². The molecule has 2 heterocycles. The van der Waals surface area contributed by atoms with Gasteiger partial charge in [-0.3, -0.25) is 0 Å². The molecule has 0 radical (unpaired) electrons. The Labute approximate surface area is 80.0 Å². The van der Waals surface area contributed by atoms with Gasteiger partial charge in [0.2, 0.25) is 0 Å². The molecular weight excluding hydrogens is 190 g/mol. The summed E-state index contributed by atoms with van der Waals surface area (Å²) < 4.78 is 1.26. The number of rotatable bonds is 0. The highest BCUT2D eigenvalue weighted by atomic mass is 35.5. The molecule has 0 N–H and O–H groups in total.